The average Bonchev–Trinajstić information content (AvgIpc) is 3.28. The van der Waals surface area contributed by atoms with Gasteiger partial charge in [-0.2, -0.15) is 5.10 Å². The Morgan fingerprint density at radius 3 is 2.51 bits per heavy atom. The van der Waals surface area contributed by atoms with Crippen LogP contribution in [0, 0.1) is 6.92 Å². The fourth-order valence-electron chi connectivity index (χ4n) is 3.16. The largest absolute Gasteiger partial charge is 0.497 e. The van der Waals surface area contributed by atoms with E-state index in [4.69, 9.17) is 27.9 Å². The van der Waals surface area contributed by atoms with Gasteiger partial charge in [-0.25, -0.2) is 5.43 Å². The van der Waals surface area contributed by atoms with Crippen molar-refractivity contribution in [1.82, 2.24) is 20.2 Å². The molecule has 0 fully saturated rings. The van der Waals surface area contributed by atoms with Gasteiger partial charge < -0.3 is 4.74 Å². The minimum absolute atomic E-state index is 0.0911. The highest BCUT2D eigenvalue weighted by Crippen LogP contribution is 2.29. The Labute approximate surface area is 217 Å². The third-order valence-electron chi connectivity index (χ3n) is 4.96. The molecule has 4 rings (SSSR count). The van der Waals surface area contributed by atoms with Gasteiger partial charge in [0.2, 0.25) is 0 Å². The third kappa shape index (κ3) is 6.22. The van der Waals surface area contributed by atoms with Crippen molar-refractivity contribution in [2.45, 2.75) is 12.1 Å². The summed E-state index contributed by atoms with van der Waals surface area (Å²) >= 11 is 13.3. The third-order valence-corrected chi connectivity index (χ3v) is 6.45. The summed E-state index contributed by atoms with van der Waals surface area (Å²) in [5.74, 6) is 1.21. The van der Waals surface area contributed by atoms with E-state index in [2.05, 4.69) is 20.7 Å². The second-order valence-corrected chi connectivity index (χ2v) is 9.24. The number of rotatable bonds is 8. The topological polar surface area (TPSA) is 81.4 Å². The number of nitrogens with one attached hydrogen (secondary N) is 1. The molecule has 10 heteroatoms. The van der Waals surface area contributed by atoms with Gasteiger partial charge >= 0.3 is 0 Å². The zero-order chi connectivity index (χ0) is 24.8. The minimum atomic E-state index is -0.294. The van der Waals surface area contributed by atoms with Crippen LogP contribution in [0.2, 0.25) is 10.0 Å². The van der Waals surface area contributed by atoms with E-state index in [1.54, 1.807) is 25.3 Å². The second-order valence-electron chi connectivity index (χ2n) is 7.45. The van der Waals surface area contributed by atoms with Gasteiger partial charge in [-0.3, -0.25) is 9.36 Å². The van der Waals surface area contributed by atoms with E-state index in [0.717, 1.165) is 22.6 Å². The number of hydrogen-bond donors (Lipinski definition) is 1. The van der Waals surface area contributed by atoms with Crippen LogP contribution in [-0.2, 0) is 4.79 Å². The Morgan fingerprint density at radius 1 is 1.09 bits per heavy atom. The summed E-state index contributed by atoms with van der Waals surface area (Å²) in [6.07, 6.45) is 1.47. The smallest absolute Gasteiger partial charge is 0.250 e. The molecule has 0 aliphatic heterocycles. The van der Waals surface area contributed by atoms with E-state index in [0.29, 0.717) is 26.6 Å². The molecule has 0 radical (unpaired) electrons. The van der Waals surface area contributed by atoms with Crippen LogP contribution in [0.5, 0.6) is 5.75 Å². The maximum atomic E-state index is 12.4. The first kappa shape index (κ1) is 24.8. The van der Waals surface area contributed by atoms with Crippen molar-refractivity contribution in [3.8, 4) is 22.8 Å². The van der Waals surface area contributed by atoms with Crippen LogP contribution in [0.3, 0.4) is 0 Å². The first-order valence-electron chi connectivity index (χ1n) is 10.5. The fraction of sp³-hybridized carbons (Fsp3) is 0.120. The summed E-state index contributed by atoms with van der Waals surface area (Å²) in [6, 6.07) is 20.6. The van der Waals surface area contributed by atoms with Gasteiger partial charge in [0.15, 0.2) is 11.0 Å². The van der Waals surface area contributed by atoms with Crippen LogP contribution in [0.25, 0.3) is 17.1 Å². The normalized spacial score (nSPS) is 11.1. The number of carbonyl (C=O) groups is 1. The zero-order valence-corrected chi connectivity index (χ0v) is 21.2. The predicted molar refractivity (Wildman–Crippen MR) is 141 cm³/mol. The number of carbonyl (C=O) groups excluding carboxylic acids is 1. The molecule has 35 heavy (non-hydrogen) atoms. The van der Waals surface area contributed by atoms with Crippen LogP contribution in [0.1, 0.15) is 11.1 Å². The number of benzene rings is 3. The van der Waals surface area contributed by atoms with E-state index in [9.17, 15) is 4.79 Å². The van der Waals surface area contributed by atoms with Gasteiger partial charge in [-0.1, -0.05) is 70.9 Å². The number of aryl methyl sites for hydroxylation is 1. The fourth-order valence-corrected chi connectivity index (χ4v) is 4.36. The van der Waals surface area contributed by atoms with E-state index in [1.165, 1.54) is 18.0 Å². The van der Waals surface area contributed by atoms with Crippen LogP contribution in [-0.4, -0.2) is 39.7 Å². The average molecular weight is 526 g/mol. The number of halogens is 2. The number of ether oxygens (including phenoxy) is 1. The molecule has 1 aromatic heterocycles. The molecule has 0 aliphatic rings. The molecule has 0 bridgehead atoms. The summed E-state index contributed by atoms with van der Waals surface area (Å²) in [7, 11) is 1.62. The Hall–Kier alpha value is -3.33. The van der Waals surface area contributed by atoms with Gasteiger partial charge in [0, 0.05) is 21.8 Å². The van der Waals surface area contributed by atoms with Crippen molar-refractivity contribution in [3.63, 3.8) is 0 Å². The quantitative estimate of drug-likeness (QED) is 0.178. The Morgan fingerprint density at radius 2 is 1.83 bits per heavy atom. The highest BCUT2D eigenvalue weighted by atomic mass is 35.5. The van der Waals surface area contributed by atoms with Crippen LogP contribution in [0.4, 0.5) is 0 Å². The molecule has 4 aromatic rings. The zero-order valence-electron chi connectivity index (χ0n) is 18.9. The SMILES string of the molecule is COc1ccc(-n2c(SCC(=O)NN=Cc3ccc(Cl)cc3Cl)nnc2-c2ccc(C)cc2)cc1. The second kappa shape index (κ2) is 11.4. The maximum absolute atomic E-state index is 12.4. The van der Waals surface area contributed by atoms with Crippen LogP contribution < -0.4 is 10.2 Å². The van der Waals surface area contributed by atoms with E-state index < -0.39 is 0 Å². The number of thioether (sulfide) groups is 1. The molecule has 1 N–H and O–H groups in total. The van der Waals surface area contributed by atoms with Crippen molar-refractivity contribution in [1.29, 1.82) is 0 Å². The highest BCUT2D eigenvalue weighted by Gasteiger charge is 2.17. The maximum Gasteiger partial charge on any atom is 0.250 e. The van der Waals surface area contributed by atoms with E-state index in [-0.39, 0.29) is 11.7 Å². The van der Waals surface area contributed by atoms with Gasteiger partial charge in [0.1, 0.15) is 5.75 Å². The lowest BCUT2D eigenvalue weighted by Crippen LogP contribution is -2.20. The molecule has 0 aliphatic carbocycles. The molecular weight excluding hydrogens is 505 g/mol. The number of aromatic nitrogens is 3. The molecule has 1 amide bonds. The van der Waals surface area contributed by atoms with E-state index in [1.807, 2.05) is 60.0 Å². The number of hydrazone groups is 1. The van der Waals surface area contributed by atoms with Gasteiger partial charge in [-0.15, -0.1) is 10.2 Å². The molecule has 0 saturated carbocycles. The van der Waals surface area contributed by atoms with Crippen LogP contribution in [0.15, 0.2) is 77.0 Å². The molecule has 0 saturated heterocycles. The summed E-state index contributed by atoms with van der Waals surface area (Å²) in [4.78, 5) is 12.4. The molecule has 1 heterocycles. The number of amides is 1. The van der Waals surface area contributed by atoms with Crippen LogP contribution >= 0.6 is 35.0 Å². The number of nitrogens with zero attached hydrogens (tertiary/aromatic N) is 4. The van der Waals surface area contributed by atoms with Gasteiger partial charge in [-0.05, 0) is 43.3 Å². The Kier molecular flexibility index (Phi) is 8.07. The molecule has 0 spiro atoms. The molecule has 7 nitrogen and oxygen atoms in total. The van der Waals surface area contributed by atoms with Crippen molar-refractivity contribution in [2.75, 3.05) is 12.9 Å². The molecular formula is C25H21Cl2N5O2S. The minimum Gasteiger partial charge on any atom is -0.497 e. The van der Waals surface area contributed by atoms with Crippen molar-refractivity contribution in [2.24, 2.45) is 5.10 Å². The van der Waals surface area contributed by atoms with Gasteiger partial charge in [0.25, 0.3) is 5.91 Å². The number of hydrogen-bond acceptors (Lipinski definition) is 6. The monoisotopic (exact) mass is 525 g/mol. The van der Waals surface area contributed by atoms with Crippen molar-refractivity contribution < 1.29 is 9.53 Å². The molecule has 178 valence electrons. The lowest BCUT2D eigenvalue weighted by atomic mass is 10.1. The summed E-state index contributed by atoms with van der Waals surface area (Å²) < 4.78 is 7.20. The van der Waals surface area contributed by atoms with Crippen molar-refractivity contribution >= 4 is 47.1 Å². The molecule has 3 aromatic carbocycles. The van der Waals surface area contributed by atoms with Crippen molar-refractivity contribution in [3.05, 3.63) is 87.9 Å². The van der Waals surface area contributed by atoms with E-state index >= 15 is 0 Å². The summed E-state index contributed by atoms with van der Waals surface area (Å²) in [5, 5.41) is 14.3. The molecule has 0 atom stereocenters. The first-order chi connectivity index (χ1) is 16.9. The highest BCUT2D eigenvalue weighted by molar-refractivity contribution is 7.99. The lowest BCUT2D eigenvalue weighted by molar-refractivity contribution is -0.118. The standard InChI is InChI=1S/C25H21Cl2N5O2S/c1-16-3-5-17(6-4-16)24-30-31-25(32(24)20-9-11-21(34-2)12-10-20)35-15-23(33)29-28-14-18-7-8-19(26)13-22(18)27/h3-14H,15H2,1-2H3,(H,29,33). The summed E-state index contributed by atoms with van der Waals surface area (Å²) in [5.41, 5.74) is 6.07. The Balaban J connectivity index is 1.52. The molecule has 0 unspecified atom stereocenters. The first-order valence-corrected chi connectivity index (χ1v) is 12.3. The summed E-state index contributed by atoms with van der Waals surface area (Å²) in [6.45, 7) is 2.03. The Bertz CT molecular complexity index is 1360. The predicted octanol–water partition coefficient (Wildman–Crippen LogP) is 5.80. The lowest BCUT2D eigenvalue weighted by Gasteiger charge is -2.11. The number of methoxy groups -OCH3 is 1. The van der Waals surface area contributed by atoms with Gasteiger partial charge in [0.05, 0.1) is 24.1 Å².